The van der Waals surface area contributed by atoms with Crippen LogP contribution in [0.5, 0.6) is 0 Å². The largest absolute Gasteiger partial charge is 0.324 e. The van der Waals surface area contributed by atoms with Crippen LogP contribution >= 0.6 is 0 Å². The second-order valence-electron chi connectivity index (χ2n) is 8.60. The Labute approximate surface area is 157 Å². The van der Waals surface area contributed by atoms with Crippen molar-refractivity contribution in [3.63, 3.8) is 0 Å². The third-order valence-corrected chi connectivity index (χ3v) is 4.71. The van der Waals surface area contributed by atoms with E-state index >= 15 is 0 Å². The Hall–Kier alpha value is -0.120. The van der Waals surface area contributed by atoms with Crippen molar-refractivity contribution >= 4 is 0 Å². The van der Waals surface area contributed by atoms with Gasteiger partial charge in [-0.3, -0.25) is 0 Å². The summed E-state index contributed by atoms with van der Waals surface area (Å²) in [5, 5.41) is 0. The minimum Gasteiger partial charge on any atom is -0.324 e. The Morgan fingerprint density at radius 1 is 0.720 bits per heavy atom. The normalized spacial score (nSPS) is 17.0. The van der Waals surface area contributed by atoms with Crippen LogP contribution in [0.4, 0.5) is 0 Å². The van der Waals surface area contributed by atoms with Crippen molar-refractivity contribution in [2.75, 3.05) is 0 Å². The maximum Gasteiger partial charge on any atom is 0.286 e. The van der Waals surface area contributed by atoms with Gasteiger partial charge in [-0.2, -0.15) is 0 Å². The van der Waals surface area contributed by atoms with E-state index < -0.39 is 5.97 Å². The molecule has 0 aromatic rings. The highest BCUT2D eigenvalue weighted by molar-refractivity contribution is 4.88. The van der Waals surface area contributed by atoms with E-state index in [4.69, 9.17) is 14.2 Å². The lowest BCUT2D eigenvalue weighted by atomic mass is 9.92. The summed E-state index contributed by atoms with van der Waals surface area (Å²) >= 11 is 0. The highest BCUT2D eigenvalue weighted by Crippen LogP contribution is 2.48. The predicted molar refractivity (Wildman–Crippen MR) is 106 cm³/mol. The van der Waals surface area contributed by atoms with Gasteiger partial charge in [0.1, 0.15) is 0 Å². The van der Waals surface area contributed by atoms with Gasteiger partial charge in [-0.15, -0.1) is 0 Å². The minimum atomic E-state index is -0.888. The predicted octanol–water partition coefficient (Wildman–Crippen LogP) is 6.69. The topological polar surface area (TPSA) is 27.7 Å². The lowest BCUT2D eigenvalue weighted by molar-refractivity contribution is -0.435. The molecule has 1 unspecified atom stereocenters. The average molecular weight is 357 g/mol. The number of hydrogen-bond acceptors (Lipinski definition) is 3. The van der Waals surface area contributed by atoms with E-state index in [1.165, 1.54) is 51.4 Å². The highest BCUT2D eigenvalue weighted by atomic mass is 16.9. The van der Waals surface area contributed by atoms with Crippen LogP contribution in [0.2, 0.25) is 0 Å². The third kappa shape index (κ3) is 8.88. The number of unbranched alkanes of at least 4 members (excludes halogenated alkanes) is 5. The Morgan fingerprint density at radius 3 is 1.56 bits per heavy atom. The lowest BCUT2D eigenvalue weighted by Crippen LogP contribution is -2.51. The Kier molecular flexibility index (Phi) is 10.6. The average Bonchev–Trinajstić information content (AvgIpc) is 3.28. The van der Waals surface area contributed by atoms with Crippen molar-refractivity contribution in [1.29, 1.82) is 0 Å². The van der Waals surface area contributed by atoms with E-state index in [1.807, 2.05) is 0 Å². The van der Waals surface area contributed by atoms with Crippen LogP contribution < -0.4 is 0 Å². The summed E-state index contributed by atoms with van der Waals surface area (Å²) in [6.45, 7) is 14.8. The Balaban J connectivity index is 2.80. The molecule has 1 fully saturated rings. The first-order chi connectivity index (χ1) is 11.8. The second-order valence-corrected chi connectivity index (χ2v) is 8.60. The summed E-state index contributed by atoms with van der Waals surface area (Å²) in [5.74, 6) is 0.138. The Morgan fingerprint density at radius 2 is 1.16 bits per heavy atom. The van der Waals surface area contributed by atoms with Crippen LogP contribution in [-0.4, -0.2) is 24.3 Å². The van der Waals surface area contributed by atoms with E-state index in [1.54, 1.807) is 0 Å². The fraction of sp³-hybridized carbons (Fsp3) is 1.00. The molecule has 0 bridgehead atoms. The van der Waals surface area contributed by atoms with Gasteiger partial charge >= 0.3 is 0 Å². The van der Waals surface area contributed by atoms with Crippen molar-refractivity contribution in [2.24, 2.45) is 11.8 Å². The molecule has 0 amide bonds. The maximum atomic E-state index is 6.37. The summed E-state index contributed by atoms with van der Waals surface area (Å²) in [7, 11) is 0. The summed E-state index contributed by atoms with van der Waals surface area (Å²) in [6, 6.07) is 0. The molecular weight excluding hydrogens is 312 g/mol. The second kappa shape index (κ2) is 11.6. The monoisotopic (exact) mass is 356 g/mol. The fourth-order valence-electron chi connectivity index (χ4n) is 3.68. The van der Waals surface area contributed by atoms with Gasteiger partial charge in [-0.25, -0.2) is 0 Å². The van der Waals surface area contributed by atoms with E-state index in [0.29, 0.717) is 11.8 Å². The van der Waals surface area contributed by atoms with Gasteiger partial charge < -0.3 is 14.2 Å². The molecular formula is C22H44O3. The molecule has 0 heterocycles. The van der Waals surface area contributed by atoms with Crippen molar-refractivity contribution in [3.8, 4) is 0 Å². The molecule has 0 spiro atoms. The van der Waals surface area contributed by atoms with Gasteiger partial charge in [0.25, 0.3) is 5.97 Å². The van der Waals surface area contributed by atoms with Crippen molar-refractivity contribution in [3.05, 3.63) is 0 Å². The Bertz CT molecular complexity index is 308. The van der Waals surface area contributed by atoms with E-state index in [0.717, 1.165) is 6.42 Å². The zero-order valence-corrected chi connectivity index (χ0v) is 18.0. The molecule has 3 heteroatoms. The molecule has 1 aliphatic rings. The molecule has 1 rings (SSSR count). The molecule has 0 saturated heterocycles. The summed E-state index contributed by atoms with van der Waals surface area (Å²) in [4.78, 5) is 0. The molecule has 1 atom stereocenters. The van der Waals surface area contributed by atoms with Gasteiger partial charge in [0, 0.05) is 5.92 Å². The quantitative estimate of drug-likeness (QED) is 0.241. The standard InChI is InChI=1S/C22H44O3/c1-8-9-10-11-12-13-14-21(20-15-16-20)22(23-17(2)3,24-18(4)5)25-19(6)7/h17-21H,8-16H2,1-7H3. The number of ether oxygens (including phenoxy) is 3. The zero-order valence-electron chi connectivity index (χ0n) is 18.0. The van der Waals surface area contributed by atoms with E-state index in [-0.39, 0.29) is 18.3 Å². The number of rotatable bonds is 15. The van der Waals surface area contributed by atoms with Crippen molar-refractivity contribution in [2.45, 2.75) is 131 Å². The van der Waals surface area contributed by atoms with Crippen LogP contribution in [-0.2, 0) is 14.2 Å². The van der Waals surface area contributed by atoms with Crippen LogP contribution in [0.15, 0.2) is 0 Å². The molecule has 150 valence electrons. The molecule has 3 nitrogen and oxygen atoms in total. The van der Waals surface area contributed by atoms with Gasteiger partial charge in [0.2, 0.25) is 0 Å². The molecule has 25 heavy (non-hydrogen) atoms. The first-order valence-corrected chi connectivity index (χ1v) is 10.8. The van der Waals surface area contributed by atoms with Gasteiger partial charge in [0.15, 0.2) is 0 Å². The lowest BCUT2D eigenvalue weighted by Gasteiger charge is -2.43. The minimum absolute atomic E-state index is 0.0864. The summed E-state index contributed by atoms with van der Waals surface area (Å²) < 4.78 is 19.1. The highest BCUT2D eigenvalue weighted by Gasteiger charge is 2.51. The molecule has 0 radical (unpaired) electrons. The van der Waals surface area contributed by atoms with Crippen molar-refractivity contribution in [1.82, 2.24) is 0 Å². The van der Waals surface area contributed by atoms with Crippen LogP contribution in [0, 0.1) is 11.8 Å². The molecule has 0 aliphatic heterocycles. The maximum absolute atomic E-state index is 6.37. The summed E-state index contributed by atoms with van der Waals surface area (Å²) in [5.41, 5.74) is 0. The van der Waals surface area contributed by atoms with Crippen LogP contribution in [0.25, 0.3) is 0 Å². The molecule has 0 aromatic carbocycles. The zero-order chi connectivity index (χ0) is 18.9. The van der Waals surface area contributed by atoms with Crippen molar-refractivity contribution < 1.29 is 14.2 Å². The van der Waals surface area contributed by atoms with Gasteiger partial charge in [-0.1, -0.05) is 45.4 Å². The number of hydrogen-bond donors (Lipinski definition) is 0. The van der Waals surface area contributed by atoms with E-state index in [9.17, 15) is 0 Å². The fourth-order valence-corrected chi connectivity index (χ4v) is 3.68. The molecule has 1 aliphatic carbocycles. The first-order valence-electron chi connectivity index (χ1n) is 10.8. The van der Waals surface area contributed by atoms with Gasteiger partial charge in [0.05, 0.1) is 18.3 Å². The summed E-state index contributed by atoms with van der Waals surface area (Å²) in [6.07, 6.45) is 11.9. The SMILES string of the molecule is CCCCCCCCC(C1CC1)C(OC(C)C)(OC(C)C)OC(C)C. The third-order valence-electron chi connectivity index (χ3n) is 4.71. The van der Waals surface area contributed by atoms with Crippen LogP contribution in [0.1, 0.15) is 106 Å². The molecule has 0 N–H and O–H groups in total. The van der Waals surface area contributed by atoms with Crippen LogP contribution in [0.3, 0.4) is 0 Å². The van der Waals surface area contributed by atoms with Gasteiger partial charge in [-0.05, 0) is 66.7 Å². The molecule has 1 saturated carbocycles. The van der Waals surface area contributed by atoms with E-state index in [2.05, 4.69) is 48.5 Å². The first kappa shape index (κ1) is 22.9. The molecule has 0 aromatic heterocycles. The smallest absolute Gasteiger partial charge is 0.286 e.